The molecule has 21 heavy (non-hydrogen) atoms. The van der Waals surface area contributed by atoms with Gasteiger partial charge < -0.3 is 10.2 Å². The molecule has 1 unspecified atom stereocenters. The second-order valence-electron chi connectivity index (χ2n) is 4.85. The predicted octanol–water partition coefficient (Wildman–Crippen LogP) is 4.61. The van der Waals surface area contributed by atoms with Crippen LogP contribution in [0.1, 0.15) is 17.4 Å². The molecule has 3 aromatic rings. The molecule has 3 rings (SSSR count). The monoisotopic (exact) mass is 307 g/mol. The van der Waals surface area contributed by atoms with E-state index in [1.165, 1.54) is 18.2 Å². The van der Waals surface area contributed by atoms with Crippen molar-refractivity contribution < 1.29 is 13.2 Å². The number of nitrogens with two attached hydrogens (primary N) is 1. The van der Waals surface area contributed by atoms with Crippen LogP contribution in [-0.4, -0.2) is 0 Å². The Kier molecular flexibility index (Phi) is 3.66. The molecular weight excluding hydrogens is 296 g/mol. The minimum absolute atomic E-state index is 0.0615. The van der Waals surface area contributed by atoms with Crippen LogP contribution >= 0.6 is 11.6 Å². The third-order valence-corrected chi connectivity index (χ3v) is 3.63. The Morgan fingerprint density at radius 3 is 2.76 bits per heavy atom. The Morgan fingerprint density at radius 2 is 1.95 bits per heavy atom. The smallest absolute Gasteiger partial charge is 0.145 e. The average Bonchev–Trinajstić information content (AvgIpc) is 2.87. The molecule has 0 fully saturated rings. The lowest BCUT2D eigenvalue weighted by molar-refractivity contribution is 0.487. The Bertz CT molecular complexity index is 800. The van der Waals surface area contributed by atoms with Crippen LogP contribution in [-0.2, 0) is 6.42 Å². The molecule has 0 saturated carbocycles. The van der Waals surface area contributed by atoms with E-state index >= 15 is 0 Å². The third-order valence-electron chi connectivity index (χ3n) is 3.33. The van der Waals surface area contributed by atoms with E-state index in [9.17, 15) is 8.78 Å². The van der Waals surface area contributed by atoms with Gasteiger partial charge in [0.15, 0.2) is 0 Å². The minimum Gasteiger partial charge on any atom is -0.459 e. The number of benzene rings is 2. The topological polar surface area (TPSA) is 39.2 Å². The summed E-state index contributed by atoms with van der Waals surface area (Å²) in [4.78, 5) is 0. The van der Waals surface area contributed by atoms with Crippen molar-refractivity contribution >= 4 is 22.6 Å². The molecule has 2 N–H and O–H groups in total. The Balaban J connectivity index is 1.89. The minimum atomic E-state index is -0.534. The van der Waals surface area contributed by atoms with Gasteiger partial charge in [-0.1, -0.05) is 23.7 Å². The molecule has 0 aliphatic carbocycles. The van der Waals surface area contributed by atoms with Crippen molar-refractivity contribution in [3.8, 4) is 0 Å². The van der Waals surface area contributed by atoms with Crippen LogP contribution in [0.25, 0.3) is 11.0 Å². The van der Waals surface area contributed by atoms with Crippen LogP contribution in [0.3, 0.4) is 0 Å². The zero-order valence-electron chi connectivity index (χ0n) is 10.9. The molecule has 1 atom stereocenters. The summed E-state index contributed by atoms with van der Waals surface area (Å²) in [6.45, 7) is 0. The lowest BCUT2D eigenvalue weighted by Gasteiger charge is -2.10. The summed E-state index contributed by atoms with van der Waals surface area (Å²) in [5.74, 6) is -0.337. The van der Waals surface area contributed by atoms with Crippen LogP contribution in [0.2, 0.25) is 5.02 Å². The van der Waals surface area contributed by atoms with Gasteiger partial charge in [-0.25, -0.2) is 8.78 Å². The molecule has 2 aromatic carbocycles. The van der Waals surface area contributed by atoms with E-state index in [-0.39, 0.29) is 17.3 Å². The number of fused-ring (bicyclic) bond motifs is 1. The molecule has 0 aliphatic heterocycles. The predicted molar refractivity (Wildman–Crippen MR) is 78.2 cm³/mol. The summed E-state index contributed by atoms with van der Waals surface area (Å²) in [5, 5.41) is 0.693. The lowest BCUT2D eigenvalue weighted by Crippen LogP contribution is -2.13. The molecule has 0 amide bonds. The molecule has 0 aliphatic rings. The van der Waals surface area contributed by atoms with Gasteiger partial charge in [0.25, 0.3) is 0 Å². The van der Waals surface area contributed by atoms with Gasteiger partial charge in [0.05, 0.1) is 11.1 Å². The summed E-state index contributed by atoms with van der Waals surface area (Å²) in [6, 6.07) is 10.1. The van der Waals surface area contributed by atoms with Gasteiger partial charge in [0.1, 0.15) is 23.0 Å². The van der Waals surface area contributed by atoms with E-state index in [1.807, 2.05) is 0 Å². The highest BCUT2D eigenvalue weighted by Gasteiger charge is 2.16. The van der Waals surface area contributed by atoms with Crippen molar-refractivity contribution in [3.63, 3.8) is 0 Å². The van der Waals surface area contributed by atoms with E-state index in [1.54, 1.807) is 24.3 Å². The van der Waals surface area contributed by atoms with Gasteiger partial charge in [0, 0.05) is 5.39 Å². The van der Waals surface area contributed by atoms with Crippen LogP contribution in [0.4, 0.5) is 8.78 Å². The second kappa shape index (κ2) is 5.47. The number of furan rings is 1. The first-order chi connectivity index (χ1) is 10.0. The molecule has 1 aromatic heterocycles. The van der Waals surface area contributed by atoms with Crippen LogP contribution in [0, 0.1) is 11.6 Å². The second-order valence-corrected chi connectivity index (χ2v) is 5.26. The molecule has 0 spiro atoms. The molecule has 0 saturated heterocycles. The van der Waals surface area contributed by atoms with Gasteiger partial charge in [-0.05, 0) is 42.3 Å². The highest BCUT2D eigenvalue weighted by molar-refractivity contribution is 6.30. The first-order valence-corrected chi connectivity index (χ1v) is 6.80. The van der Waals surface area contributed by atoms with Crippen molar-refractivity contribution in [1.29, 1.82) is 0 Å². The zero-order valence-corrected chi connectivity index (χ0v) is 11.7. The fourth-order valence-electron chi connectivity index (χ4n) is 2.26. The number of rotatable bonds is 3. The molecular formula is C16H12ClF2NO. The maximum Gasteiger partial charge on any atom is 0.145 e. The highest BCUT2D eigenvalue weighted by Crippen LogP contribution is 2.27. The van der Waals surface area contributed by atoms with E-state index < -0.39 is 11.9 Å². The van der Waals surface area contributed by atoms with Gasteiger partial charge in [-0.15, -0.1) is 0 Å². The molecule has 5 heteroatoms. The fraction of sp³-hybridized carbons (Fsp3) is 0.125. The van der Waals surface area contributed by atoms with E-state index in [0.717, 1.165) is 0 Å². The van der Waals surface area contributed by atoms with Crippen molar-refractivity contribution in [1.82, 2.24) is 0 Å². The Labute approximate surface area is 125 Å². The molecule has 0 radical (unpaired) electrons. The molecule has 0 bridgehead atoms. The summed E-state index contributed by atoms with van der Waals surface area (Å²) < 4.78 is 32.6. The van der Waals surface area contributed by atoms with E-state index in [2.05, 4.69) is 0 Å². The van der Waals surface area contributed by atoms with E-state index in [4.69, 9.17) is 21.8 Å². The van der Waals surface area contributed by atoms with Gasteiger partial charge >= 0.3 is 0 Å². The lowest BCUT2D eigenvalue weighted by atomic mass is 10.0. The largest absolute Gasteiger partial charge is 0.459 e. The van der Waals surface area contributed by atoms with Gasteiger partial charge in [-0.2, -0.15) is 0 Å². The maximum absolute atomic E-state index is 13.9. The summed E-state index contributed by atoms with van der Waals surface area (Å²) in [5.41, 5.74) is 7.02. The first kappa shape index (κ1) is 14.0. The normalized spacial score (nSPS) is 12.8. The van der Waals surface area contributed by atoms with Crippen LogP contribution in [0.15, 0.2) is 46.9 Å². The maximum atomic E-state index is 13.9. The number of hydrogen-bond acceptors (Lipinski definition) is 2. The van der Waals surface area contributed by atoms with Crippen molar-refractivity contribution in [3.05, 3.63) is 70.4 Å². The molecule has 2 nitrogen and oxygen atoms in total. The van der Waals surface area contributed by atoms with Crippen molar-refractivity contribution in [2.45, 2.75) is 12.5 Å². The van der Waals surface area contributed by atoms with Crippen molar-refractivity contribution in [2.24, 2.45) is 5.73 Å². The summed E-state index contributed by atoms with van der Waals surface area (Å²) in [7, 11) is 0. The average molecular weight is 308 g/mol. The Morgan fingerprint density at radius 1 is 1.14 bits per heavy atom. The highest BCUT2D eigenvalue weighted by atomic mass is 35.5. The van der Waals surface area contributed by atoms with Crippen molar-refractivity contribution in [2.75, 3.05) is 0 Å². The van der Waals surface area contributed by atoms with Crippen LogP contribution in [0.5, 0.6) is 0 Å². The zero-order chi connectivity index (χ0) is 15.0. The summed E-state index contributed by atoms with van der Waals surface area (Å²) >= 11 is 5.74. The number of halogens is 3. The van der Waals surface area contributed by atoms with Gasteiger partial charge in [0.2, 0.25) is 0 Å². The summed E-state index contributed by atoms with van der Waals surface area (Å²) in [6.07, 6.45) is 0.245. The standard InChI is InChI=1S/C16H12ClF2NO/c17-12-3-1-2-9(16(12)19)7-13(20)15-8-10-6-11(18)4-5-14(10)21-15/h1-6,8,13H,7,20H2. The SMILES string of the molecule is NC(Cc1cccc(Cl)c1F)c1cc2cc(F)ccc2o1. The van der Waals surface area contributed by atoms with Crippen LogP contribution < -0.4 is 5.73 Å². The van der Waals surface area contributed by atoms with Gasteiger partial charge in [-0.3, -0.25) is 0 Å². The molecule has 108 valence electrons. The fourth-order valence-corrected chi connectivity index (χ4v) is 2.46. The van der Waals surface area contributed by atoms with E-state index in [0.29, 0.717) is 22.3 Å². The first-order valence-electron chi connectivity index (χ1n) is 6.42. The quantitative estimate of drug-likeness (QED) is 0.767. The molecule has 1 heterocycles. The Hall–Kier alpha value is -1.91. The third kappa shape index (κ3) is 2.77. The number of hydrogen-bond donors (Lipinski definition) is 1.